The van der Waals surface area contributed by atoms with E-state index in [1.54, 1.807) is 6.92 Å². The van der Waals surface area contributed by atoms with Crippen molar-refractivity contribution in [1.29, 1.82) is 0 Å². The molecule has 1 aliphatic carbocycles. The number of hydrogen-bond acceptors (Lipinski definition) is 2. The van der Waals surface area contributed by atoms with Crippen molar-refractivity contribution in [2.75, 3.05) is 0 Å². The fraction of sp³-hybridized carbons (Fsp3) is 0.409. The minimum Gasteiger partial charge on any atom is -0.481 e. The van der Waals surface area contributed by atoms with Gasteiger partial charge in [-0.2, -0.15) is 0 Å². The molecule has 0 spiro atoms. The third-order valence-electron chi connectivity index (χ3n) is 4.93. The van der Waals surface area contributed by atoms with E-state index in [0.717, 1.165) is 17.7 Å². The second-order valence-corrected chi connectivity index (χ2v) is 7.04. The highest BCUT2D eigenvalue weighted by Crippen LogP contribution is 2.25. The predicted octanol–water partition coefficient (Wildman–Crippen LogP) is 4.52. The zero-order valence-corrected chi connectivity index (χ0v) is 15.3. The van der Waals surface area contributed by atoms with Crippen molar-refractivity contribution in [2.24, 2.45) is 0 Å². The highest BCUT2D eigenvalue weighted by atomic mass is 16.5. The van der Waals surface area contributed by atoms with E-state index in [2.05, 4.69) is 23.5 Å². The maximum absolute atomic E-state index is 12.5. The Labute approximate surface area is 150 Å². The molecule has 0 aromatic heterocycles. The molecule has 0 heterocycles. The summed E-state index contributed by atoms with van der Waals surface area (Å²) in [7, 11) is 0. The Kier molecular flexibility index (Phi) is 5.42. The quantitative estimate of drug-likeness (QED) is 0.871. The van der Waals surface area contributed by atoms with Crippen LogP contribution in [-0.4, -0.2) is 12.0 Å². The number of rotatable bonds is 5. The Morgan fingerprint density at radius 1 is 1.00 bits per heavy atom. The highest BCUT2D eigenvalue weighted by molar-refractivity contribution is 5.81. The van der Waals surface area contributed by atoms with Crippen molar-refractivity contribution in [1.82, 2.24) is 5.32 Å². The van der Waals surface area contributed by atoms with Gasteiger partial charge in [0.2, 0.25) is 0 Å². The Balaban J connectivity index is 1.60. The summed E-state index contributed by atoms with van der Waals surface area (Å²) in [6, 6.07) is 14.3. The first-order valence-corrected chi connectivity index (χ1v) is 9.18. The monoisotopic (exact) mass is 337 g/mol. The molecule has 0 aliphatic heterocycles. The number of carbonyl (C=O) groups excluding carboxylic acids is 1. The normalized spacial score (nSPS) is 15.8. The molecule has 0 fully saturated rings. The van der Waals surface area contributed by atoms with Gasteiger partial charge >= 0.3 is 0 Å². The molecule has 0 radical (unpaired) electrons. The van der Waals surface area contributed by atoms with Gasteiger partial charge in [0.05, 0.1) is 6.04 Å². The smallest absolute Gasteiger partial charge is 0.261 e. The number of fused-ring (bicyclic) bond motifs is 1. The molecule has 2 atom stereocenters. The zero-order chi connectivity index (χ0) is 17.8. The highest BCUT2D eigenvalue weighted by Gasteiger charge is 2.19. The van der Waals surface area contributed by atoms with Gasteiger partial charge in [0.25, 0.3) is 5.91 Å². The molecule has 132 valence electrons. The van der Waals surface area contributed by atoms with Crippen LogP contribution in [0.15, 0.2) is 42.5 Å². The SMILES string of the molecule is Cc1ccc(O[C@H](C)C(=O)N[C@H](C)c2ccc3c(c2)CCCC3)cc1. The van der Waals surface area contributed by atoms with Gasteiger partial charge in [0.15, 0.2) is 6.10 Å². The lowest BCUT2D eigenvalue weighted by Gasteiger charge is -2.21. The van der Waals surface area contributed by atoms with Gasteiger partial charge < -0.3 is 10.1 Å². The lowest BCUT2D eigenvalue weighted by molar-refractivity contribution is -0.127. The molecule has 0 saturated heterocycles. The summed E-state index contributed by atoms with van der Waals surface area (Å²) >= 11 is 0. The second kappa shape index (κ2) is 7.73. The molecule has 2 aromatic rings. The van der Waals surface area contributed by atoms with Crippen LogP contribution in [-0.2, 0) is 17.6 Å². The Morgan fingerprint density at radius 3 is 2.40 bits per heavy atom. The Morgan fingerprint density at radius 2 is 1.68 bits per heavy atom. The first kappa shape index (κ1) is 17.5. The van der Waals surface area contributed by atoms with E-state index in [-0.39, 0.29) is 11.9 Å². The molecule has 1 amide bonds. The number of carbonyl (C=O) groups is 1. The molecule has 0 unspecified atom stereocenters. The third-order valence-corrected chi connectivity index (χ3v) is 4.93. The second-order valence-electron chi connectivity index (χ2n) is 7.04. The van der Waals surface area contributed by atoms with Gasteiger partial charge in [0.1, 0.15) is 5.75 Å². The van der Waals surface area contributed by atoms with Gasteiger partial charge in [-0.05, 0) is 75.3 Å². The van der Waals surface area contributed by atoms with Crippen molar-refractivity contribution in [3.63, 3.8) is 0 Å². The van der Waals surface area contributed by atoms with Crippen molar-refractivity contribution in [3.05, 3.63) is 64.7 Å². The number of ether oxygens (including phenoxy) is 1. The number of nitrogens with one attached hydrogen (secondary N) is 1. The van der Waals surface area contributed by atoms with E-state index in [1.807, 2.05) is 38.1 Å². The molecular formula is C22H27NO2. The van der Waals surface area contributed by atoms with Crippen molar-refractivity contribution in [2.45, 2.75) is 58.6 Å². The van der Waals surface area contributed by atoms with E-state index in [4.69, 9.17) is 4.74 Å². The van der Waals surface area contributed by atoms with Crippen molar-refractivity contribution >= 4 is 5.91 Å². The zero-order valence-electron chi connectivity index (χ0n) is 15.3. The fourth-order valence-corrected chi connectivity index (χ4v) is 3.31. The standard InChI is InChI=1S/C22H27NO2/c1-15-8-12-21(13-9-15)25-17(3)22(24)23-16(2)19-11-10-18-6-4-5-7-20(18)14-19/h8-14,16-17H,4-7H2,1-3H3,(H,23,24)/t16-,17-/m1/s1. The van der Waals surface area contributed by atoms with Gasteiger partial charge in [-0.25, -0.2) is 0 Å². The van der Waals surface area contributed by atoms with Crippen LogP contribution in [0.5, 0.6) is 5.75 Å². The summed E-state index contributed by atoms with van der Waals surface area (Å²) in [5.74, 6) is 0.625. The van der Waals surface area contributed by atoms with Crippen molar-refractivity contribution < 1.29 is 9.53 Å². The van der Waals surface area contributed by atoms with Crippen LogP contribution in [0, 0.1) is 6.92 Å². The van der Waals surface area contributed by atoms with Gasteiger partial charge in [0, 0.05) is 0 Å². The number of amides is 1. The van der Waals surface area contributed by atoms with Gasteiger partial charge in [-0.1, -0.05) is 35.9 Å². The molecule has 3 heteroatoms. The van der Waals surface area contributed by atoms with E-state index >= 15 is 0 Å². The molecule has 0 bridgehead atoms. The van der Waals surface area contributed by atoms with E-state index < -0.39 is 6.10 Å². The van der Waals surface area contributed by atoms with E-state index in [1.165, 1.54) is 36.0 Å². The Bertz CT molecular complexity index is 736. The molecule has 2 aromatic carbocycles. The number of aryl methyl sites for hydroxylation is 3. The number of benzene rings is 2. The topological polar surface area (TPSA) is 38.3 Å². The van der Waals surface area contributed by atoms with Gasteiger partial charge in [-0.15, -0.1) is 0 Å². The summed E-state index contributed by atoms with van der Waals surface area (Å²) < 4.78 is 5.75. The minimum atomic E-state index is -0.525. The minimum absolute atomic E-state index is 0.0243. The van der Waals surface area contributed by atoms with E-state index in [9.17, 15) is 4.79 Å². The van der Waals surface area contributed by atoms with Crippen LogP contribution in [0.3, 0.4) is 0 Å². The molecule has 1 N–H and O–H groups in total. The maximum atomic E-state index is 12.5. The fourth-order valence-electron chi connectivity index (χ4n) is 3.31. The molecule has 1 aliphatic rings. The first-order valence-electron chi connectivity index (χ1n) is 9.18. The van der Waals surface area contributed by atoms with Crippen LogP contribution in [0.4, 0.5) is 0 Å². The summed E-state index contributed by atoms with van der Waals surface area (Å²) in [5, 5.41) is 3.07. The van der Waals surface area contributed by atoms with Crippen LogP contribution >= 0.6 is 0 Å². The predicted molar refractivity (Wildman–Crippen MR) is 101 cm³/mol. The van der Waals surface area contributed by atoms with Gasteiger partial charge in [-0.3, -0.25) is 4.79 Å². The van der Waals surface area contributed by atoms with Crippen molar-refractivity contribution in [3.8, 4) is 5.75 Å². The molecule has 0 saturated carbocycles. The first-order chi connectivity index (χ1) is 12.0. The van der Waals surface area contributed by atoms with Crippen LogP contribution in [0.25, 0.3) is 0 Å². The van der Waals surface area contributed by atoms with Crippen LogP contribution in [0.1, 0.15) is 55.0 Å². The lowest BCUT2D eigenvalue weighted by atomic mass is 9.89. The molecule has 3 rings (SSSR count). The number of hydrogen-bond donors (Lipinski definition) is 1. The van der Waals surface area contributed by atoms with Crippen LogP contribution in [0.2, 0.25) is 0 Å². The average Bonchev–Trinajstić information content (AvgIpc) is 2.63. The largest absolute Gasteiger partial charge is 0.481 e. The maximum Gasteiger partial charge on any atom is 0.261 e. The summed E-state index contributed by atoms with van der Waals surface area (Å²) in [5.41, 5.74) is 5.24. The average molecular weight is 337 g/mol. The molecular weight excluding hydrogens is 310 g/mol. The molecule has 3 nitrogen and oxygen atoms in total. The summed E-state index contributed by atoms with van der Waals surface area (Å²) in [4.78, 5) is 12.5. The summed E-state index contributed by atoms with van der Waals surface area (Å²) in [6.07, 6.45) is 4.35. The Hall–Kier alpha value is -2.29. The van der Waals surface area contributed by atoms with Crippen LogP contribution < -0.4 is 10.1 Å². The summed E-state index contributed by atoms with van der Waals surface area (Å²) in [6.45, 7) is 5.84. The van der Waals surface area contributed by atoms with E-state index in [0.29, 0.717) is 0 Å². The third kappa shape index (κ3) is 4.41. The lowest BCUT2D eigenvalue weighted by Crippen LogP contribution is -2.37. The molecule has 25 heavy (non-hydrogen) atoms.